The summed E-state index contributed by atoms with van der Waals surface area (Å²) in [6, 6.07) is 4.73. The number of hydrogen-bond acceptors (Lipinski definition) is 2. The molecule has 17 heavy (non-hydrogen) atoms. The van der Waals surface area contributed by atoms with Crippen molar-refractivity contribution in [1.29, 1.82) is 0 Å². The Hall–Kier alpha value is -1.44. The Bertz CT molecular complexity index is 334. The number of rotatable bonds is 4. The first kappa shape index (κ1) is 15.6. The minimum Gasteiger partial charge on any atom is -0.508 e. The monoisotopic (exact) mass is 236 g/mol. The van der Waals surface area contributed by atoms with Gasteiger partial charge in [0.05, 0.1) is 0 Å². The fraction of sp³-hybridized carbons (Fsp3) is 0.467. The van der Waals surface area contributed by atoms with E-state index in [2.05, 4.69) is 20.4 Å². The molecule has 0 aliphatic heterocycles. The van der Waals surface area contributed by atoms with Crippen molar-refractivity contribution < 1.29 is 10.2 Å². The molecule has 0 heterocycles. The van der Waals surface area contributed by atoms with E-state index in [4.69, 9.17) is 0 Å². The van der Waals surface area contributed by atoms with Crippen LogP contribution in [0.15, 0.2) is 30.9 Å². The fourth-order valence-corrected chi connectivity index (χ4v) is 1.59. The van der Waals surface area contributed by atoms with E-state index in [0.717, 1.165) is 18.4 Å². The third-order valence-electron chi connectivity index (χ3n) is 2.66. The molecule has 0 saturated carbocycles. The third kappa shape index (κ3) is 4.94. The van der Waals surface area contributed by atoms with Gasteiger partial charge in [-0.25, -0.2) is 0 Å². The van der Waals surface area contributed by atoms with Crippen LogP contribution in [-0.2, 0) is 5.41 Å². The van der Waals surface area contributed by atoms with Crippen LogP contribution in [0.4, 0.5) is 0 Å². The van der Waals surface area contributed by atoms with Crippen LogP contribution in [-0.4, -0.2) is 10.2 Å². The van der Waals surface area contributed by atoms with E-state index in [1.807, 2.05) is 19.9 Å². The van der Waals surface area contributed by atoms with Gasteiger partial charge in [0.25, 0.3) is 0 Å². The van der Waals surface area contributed by atoms with Crippen LogP contribution in [0.25, 0.3) is 0 Å². The third-order valence-corrected chi connectivity index (χ3v) is 2.66. The van der Waals surface area contributed by atoms with Crippen LogP contribution >= 0.6 is 0 Å². The summed E-state index contributed by atoms with van der Waals surface area (Å²) in [5.74, 6) is 0.216. The van der Waals surface area contributed by atoms with Crippen molar-refractivity contribution in [3.05, 3.63) is 36.4 Å². The molecular weight excluding hydrogens is 212 g/mol. The van der Waals surface area contributed by atoms with Crippen molar-refractivity contribution in [1.82, 2.24) is 0 Å². The fourth-order valence-electron chi connectivity index (χ4n) is 1.59. The van der Waals surface area contributed by atoms with Gasteiger partial charge < -0.3 is 10.2 Å². The minimum atomic E-state index is -0.0651. The lowest BCUT2D eigenvalue weighted by Crippen LogP contribution is -2.16. The first-order chi connectivity index (χ1) is 7.95. The largest absolute Gasteiger partial charge is 0.508 e. The summed E-state index contributed by atoms with van der Waals surface area (Å²) in [5.41, 5.74) is 0.881. The van der Waals surface area contributed by atoms with Gasteiger partial charge in [-0.3, -0.25) is 0 Å². The van der Waals surface area contributed by atoms with Crippen LogP contribution in [0, 0.1) is 0 Å². The van der Waals surface area contributed by atoms with Crippen molar-refractivity contribution in [2.45, 2.75) is 46.0 Å². The molecule has 2 nitrogen and oxygen atoms in total. The zero-order valence-electron chi connectivity index (χ0n) is 11.3. The Morgan fingerprint density at radius 1 is 1.12 bits per heavy atom. The number of hydrogen-bond donors (Lipinski definition) is 2. The number of aromatic hydroxyl groups is 2. The van der Waals surface area contributed by atoms with Crippen LogP contribution in [0.3, 0.4) is 0 Å². The molecule has 96 valence electrons. The van der Waals surface area contributed by atoms with Gasteiger partial charge in [0.1, 0.15) is 11.5 Å². The molecule has 0 saturated heterocycles. The number of phenolic OH excluding ortho intramolecular Hbond substituents is 2. The normalized spacial score (nSPS) is 10.4. The van der Waals surface area contributed by atoms with Gasteiger partial charge in [-0.15, -0.1) is 6.58 Å². The van der Waals surface area contributed by atoms with Gasteiger partial charge >= 0.3 is 0 Å². The summed E-state index contributed by atoms with van der Waals surface area (Å²) in [6.45, 7) is 11.9. The van der Waals surface area contributed by atoms with Crippen LogP contribution in [0.5, 0.6) is 11.5 Å². The van der Waals surface area contributed by atoms with Crippen molar-refractivity contribution in [3.63, 3.8) is 0 Å². The van der Waals surface area contributed by atoms with E-state index in [1.54, 1.807) is 12.1 Å². The smallest absolute Gasteiger partial charge is 0.119 e. The molecule has 0 spiro atoms. The molecule has 0 aromatic heterocycles. The second-order valence-corrected chi connectivity index (χ2v) is 4.45. The Balaban J connectivity index is 0.00000121. The molecule has 1 rings (SSSR count). The standard InChI is InChI=1S/C13H18O2.C2H6/c1-4-5-6-13(2,3)10-7-11(14)9-12(15)8-10;1-2/h4,7-9,14-15H,1,5-6H2,2-3H3;1-2H3. The maximum Gasteiger partial charge on any atom is 0.119 e. The molecule has 0 amide bonds. The summed E-state index contributed by atoms with van der Waals surface area (Å²) in [6.07, 6.45) is 3.74. The van der Waals surface area contributed by atoms with E-state index in [0.29, 0.717) is 0 Å². The predicted molar refractivity (Wildman–Crippen MR) is 73.6 cm³/mol. The Morgan fingerprint density at radius 3 is 2.00 bits per heavy atom. The molecule has 0 unspecified atom stereocenters. The number of phenols is 2. The first-order valence-electron chi connectivity index (χ1n) is 6.10. The summed E-state index contributed by atoms with van der Waals surface area (Å²) in [4.78, 5) is 0. The lowest BCUT2D eigenvalue weighted by atomic mass is 9.80. The highest BCUT2D eigenvalue weighted by Crippen LogP contribution is 2.33. The summed E-state index contributed by atoms with van der Waals surface area (Å²) in [7, 11) is 0. The zero-order valence-corrected chi connectivity index (χ0v) is 11.3. The highest BCUT2D eigenvalue weighted by molar-refractivity contribution is 5.39. The second kappa shape index (κ2) is 7.00. The highest BCUT2D eigenvalue weighted by Gasteiger charge is 2.20. The van der Waals surface area contributed by atoms with Gasteiger partial charge in [-0.1, -0.05) is 33.8 Å². The molecule has 2 N–H and O–H groups in total. The Kier molecular flexibility index (Phi) is 6.40. The van der Waals surface area contributed by atoms with Crippen LogP contribution in [0.1, 0.15) is 46.1 Å². The maximum absolute atomic E-state index is 9.40. The van der Waals surface area contributed by atoms with Gasteiger partial charge in [-0.05, 0) is 36.0 Å². The van der Waals surface area contributed by atoms with Gasteiger partial charge in [0.15, 0.2) is 0 Å². The summed E-state index contributed by atoms with van der Waals surface area (Å²) in [5, 5.41) is 18.8. The van der Waals surface area contributed by atoms with Crippen LogP contribution < -0.4 is 0 Å². The van der Waals surface area contributed by atoms with E-state index in [-0.39, 0.29) is 16.9 Å². The average Bonchev–Trinajstić information content (AvgIpc) is 2.28. The lowest BCUT2D eigenvalue weighted by Gasteiger charge is -2.25. The average molecular weight is 236 g/mol. The van der Waals surface area contributed by atoms with Gasteiger partial charge in [-0.2, -0.15) is 0 Å². The van der Waals surface area contributed by atoms with E-state index >= 15 is 0 Å². The SMILES string of the molecule is C=CCCC(C)(C)c1cc(O)cc(O)c1.CC. The molecule has 0 bridgehead atoms. The van der Waals surface area contributed by atoms with E-state index < -0.39 is 0 Å². The minimum absolute atomic E-state index is 0.0651. The summed E-state index contributed by atoms with van der Waals surface area (Å²) >= 11 is 0. The zero-order chi connectivity index (χ0) is 13.5. The van der Waals surface area contributed by atoms with Gasteiger partial charge in [0, 0.05) is 6.07 Å². The number of allylic oxidation sites excluding steroid dienone is 1. The molecule has 0 atom stereocenters. The summed E-state index contributed by atoms with van der Waals surface area (Å²) < 4.78 is 0. The lowest BCUT2D eigenvalue weighted by molar-refractivity contribution is 0.435. The first-order valence-corrected chi connectivity index (χ1v) is 6.10. The van der Waals surface area contributed by atoms with Crippen molar-refractivity contribution >= 4 is 0 Å². The second-order valence-electron chi connectivity index (χ2n) is 4.45. The topological polar surface area (TPSA) is 40.5 Å². The van der Waals surface area contributed by atoms with Crippen molar-refractivity contribution in [2.75, 3.05) is 0 Å². The Morgan fingerprint density at radius 2 is 1.59 bits per heavy atom. The van der Waals surface area contributed by atoms with Crippen molar-refractivity contribution in [2.24, 2.45) is 0 Å². The molecule has 0 aliphatic carbocycles. The molecule has 0 aliphatic rings. The predicted octanol–water partition coefficient (Wildman–Crippen LogP) is 4.37. The highest BCUT2D eigenvalue weighted by atomic mass is 16.3. The molecule has 2 heteroatoms. The number of benzene rings is 1. The molecule has 1 aromatic carbocycles. The maximum atomic E-state index is 9.40. The van der Waals surface area contributed by atoms with E-state index in [9.17, 15) is 10.2 Å². The van der Waals surface area contributed by atoms with Gasteiger partial charge in [0.2, 0.25) is 0 Å². The van der Waals surface area contributed by atoms with E-state index in [1.165, 1.54) is 6.07 Å². The molecule has 0 fully saturated rings. The van der Waals surface area contributed by atoms with Crippen molar-refractivity contribution in [3.8, 4) is 11.5 Å². The molecule has 1 aromatic rings. The quantitative estimate of drug-likeness (QED) is 0.762. The van der Waals surface area contributed by atoms with Crippen LogP contribution in [0.2, 0.25) is 0 Å². The molecular formula is C15H24O2. The molecule has 0 radical (unpaired) electrons. The Labute approximate surface area is 105 Å².